The van der Waals surface area contributed by atoms with E-state index in [4.69, 9.17) is 5.11 Å². The number of carbonyl (C=O) groups is 1. The Morgan fingerprint density at radius 1 is 1.40 bits per heavy atom. The van der Waals surface area contributed by atoms with Gasteiger partial charge in [0.2, 0.25) is 0 Å². The Morgan fingerprint density at radius 2 is 2.07 bits per heavy atom. The Morgan fingerprint density at radius 3 is 2.60 bits per heavy atom. The number of carbonyl (C=O) groups excluding carboxylic acids is 1. The zero-order valence-electron chi connectivity index (χ0n) is 9.68. The molecule has 4 heteroatoms. The van der Waals surface area contributed by atoms with Crippen LogP contribution in [0.1, 0.15) is 33.1 Å². The number of rotatable bonds is 6. The maximum absolute atomic E-state index is 11.3. The van der Waals surface area contributed by atoms with Crippen LogP contribution in [0.3, 0.4) is 0 Å². The minimum absolute atomic E-state index is 0.0360. The van der Waals surface area contributed by atoms with Gasteiger partial charge in [0, 0.05) is 19.7 Å². The summed E-state index contributed by atoms with van der Waals surface area (Å²) in [5.41, 5.74) is -0.0360. The third-order valence-corrected chi connectivity index (χ3v) is 2.76. The van der Waals surface area contributed by atoms with Crippen LogP contribution in [0.4, 0.5) is 4.79 Å². The highest BCUT2D eigenvalue weighted by atomic mass is 16.3. The van der Waals surface area contributed by atoms with Gasteiger partial charge in [0.15, 0.2) is 0 Å². The largest absolute Gasteiger partial charge is 0.396 e. The summed E-state index contributed by atoms with van der Waals surface area (Å²) in [5.74, 6) is 0.709. The first-order valence-corrected chi connectivity index (χ1v) is 5.66. The van der Waals surface area contributed by atoms with Gasteiger partial charge in [-0.05, 0) is 30.6 Å². The van der Waals surface area contributed by atoms with E-state index in [1.807, 2.05) is 13.8 Å². The number of hydrogen-bond donors (Lipinski definition) is 3. The first-order chi connectivity index (χ1) is 7.03. The maximum atomic E-state index is 11.3. The molecule has 0 spiro atoms. The molecule has 0 unspecified atom stereocenters. The lowest BCUT2D eigenvalue weighted by molar-refractivity contribution is 0.201. The van der Waals surface area contributed by atoms with E-state index in [2.05, 4.69) is 10.6 Å². The normalized spacial score (nSPS) is 16.2. The highest BCUT2D eigenvalue weighted by Crippen LogP contribution is 2.27. The molecule has 0 aromatic rings. The molecule has 1 aliphatic carbocycles. The highest BCUT2D eigenvalue weighted by Gasteiger charge is 2.22. The molecule has 1 rings (SSSR count). The van der Waals surface area contributed by atoms with E-state index in [0.29, 0.717) is 18.9 Å². The van der Waals surface area contributed by atoms with Gasteiger partial charge < -0.3 is 15.7 Å². The lowest BCUT2D eigenvalue weighted by Crippen LogP contribution is -2.41. The van der Waals surface area contributed by atoms with Gasteiger partial charge in [-0.25, -0.2) is 4.79 Å². The summed E-state index contributed by atoms with van der Waals surface area (Å²) in [5, 5.41) is 14.5. The van der Waals surface area contributed by atoms with Crippen molar-refractivity contribution in [3.8, 4) is 0 Å². The van der Waals surface area contributed by atoms with E-state index in [1.165, 1.54) is 12.8 Å². The van der Waals surface area contributed by atoms with Crippen LogP contribution < -0.4 is 10.6 Å². The number of aliphatic hydroxyl groups is 1. The van der Waals surface area contributed by atoms with Crippen molar-refractivity contribution < 1.29 is 9.90 Å². The molecule has 0 aliphatic heterocycles. The van der Waals surface area contributed by atoms with Gasteiger partial charge in [0.25, 0.3) is 0 Å². The first-order valence-electron chi connectivity index (χ1n) is 5.66. The summed E-state index contributed by atoms with van der Waals surface area (Å²) in [6.45, 7) is 5.63. The highest BCUT2D eigenvalue weighted by molar-refractivity contribution is 5.73. The molecule has 1 saturated carbocycles. The zero-order valence-corrected chi connectivity index (χ0v) is 9.68. The standard InChI is InChI=1S/C11H22N2O2/c1-11(2,5-6-14)8-13-10(15)12-7-9-3-4-9/h9,14H,3-8H2,1-2H3,(H2,12,13,15). The van der Waals surface area contributed by atoms with E-state index in [1.54, 1.807) is 0 Å². The molecule has 0 aromatic heterocycles. The SMILES string of the molecule is CC(C)(CCO)CNC(=O)NCC1CC1. The average Bonchev–Trinajstić information content (AvgIpc) is 2.95. The van der Waals surface area contributed by atoms with Crippen molar-refractivity contribution in [2.24, 2.45) is 11.3 Å². The Labute approximate surface area is 91.4 Å². The molecular weight excluding hydrogens is 192 g/mol. The molecule has 1 fully saturated rings. The second-order valence-electron chi connectivity index (χ2n) is 5.14. The summed E-state index contributed by atoms with van der Waals surface area (Å²) in [6, 6.07) is -0.0899. The van der Waals surface area contributed by atoms with Crippen LogP contribution in [-0.2, 0) is 0 Å². The molecule has 0 aromatic carbocycles. The summed E-state index contributed by atoms with van der Waals surface area (Å²) < 4.78 is 0. The van der Waals surface area contributed by atoms with Crippen molar-refractivity contribution >= 4 is 6.03 Å². The fourth-order valence-electron chi connectivity index (χ4n) is 1.33. The van der Waals surface area contributed by atoms with E-state index in [-0.39, 0.29) is 18.1 Å². The van der Waals surface area contributed by atoms with E-state index < -0.39 is 0 Å². The van der Waals surface area contributed by atoms with Crippen LogP contribution in [0.25, 0.3) is 0 Å². The second kappa shape index (κ2) is 5.35. The second-order valence-corrected chi connectivity index (χ2v) is 5.14. The summed E-state index contributed by atoms with van der Waals surface area (Å²) in [6.07, 6.45) is 3.20. The number of amides is 2. The quantitative estimate of drug-likeness (QED) is 0.620. The van der Waals surface area contributed by atoms with Gasteiger partial charge in [0.1, 0.15) is 0 Å². The predicted octanol–water partition coefficient (Wildman–Crippen LogP) is 1.10. The molecule has 0 atom stereocenters. The van der Waals surface area contributed by atoms with Crippen LogP contribution in [0.2, 0.25) is 0 Å². The fourth-order valence-corrected chi connectivity index (χ4v) is 1.33. The number of nitrogens with one attached hydrogen (secondary N) is 2. The van der Waals surface area contributed by atoms with Crippen molar-refractivity contribution in [3.63, 3.8) is 0 Å². The van der Waals surface area contributed by atoms with E-state index in [9.17, 15) is 4.79 Å². The smallest absolute Gasteiger partial charge is 0.314 e. The van der Waals surface area contributed by atoms with Gasteiger partial charge >= 0.3 is 6.03 Å². The minimum atomic E-state index is -0.0899. The molecular formula is C11H22N2O2. The minimum Gasteiger partial charge on any atom is -0.396 e. The fraction of sp³-hybridized carbons (Fsp3) is 0.909. The molecule has 15 heavy (non-hydrogen) atoms. The summed E-state index contributed by atoms with van der Waals surface area (Å²) in [7, 11) is 0. The molecule has 0 saturated heterocycles. The Hall–Kier alpha value is -0.770. The van der Waals surface area contributed by atoms with Gasteiger partial charge in [-0.3, -0.25) is 0 Å². The number of hydrogen-bond acceptors (Lipinski definition) is 2. The molecule has 4 nitrogen and oxygen atoms in total. The van der Waals surface area contributed by atoms with Crippen molar-refractivity contribution in [2.75, 3.05) is 19.7 Å². The van der Waals surface area contributed by atoms with Gasteiger partial charge in [-0.2, -0.15) is 0 Å². The monoisotopic (exact) mass is 214 g/mol. The third-order valence-electron chi connectivity index (χ3n) is 2.76. The van der Waals surface area contributed by atoms with Gasteiger partial charge in [-0.15, -0.1) is 0 Å². The van der Waals surface area contributed by atoms with Crippen LogP contribution in [0.15, 0.2) is 0 Å². The maximum Gasteiger partial charge on any atom is 0.314 e. The molecule has 3 N–H and O–H groups in total. The number of urea groups is 1. The van der Waals surface area contributed by atoms with Crippen LogP contribution in [-0.4, -0.2) is 30.8 Å². The van der Waals surface area contributed by atoms with Crippen molar-refractivity contribution in [1.82, 2.24) is 10.6 Å². The first kappa shape index (κ1) is 12.3. The Bertz CT molecular complexity index is 213. The predicted molar refractivity (Wildman–Crippen MR) is 59.6 cm³/mol. The van der Waals surface area contributed by atoms with E-state index >= 15 is 0 Å². The lowest BCUT2D eigenvalue weighted by Gasteiger charge is -2.23. The molecule has 0 radical (unpaired) electrons. The topological polar surface area (TPSA) is 61.4 Å². The molecule has 2 amide bonds. The summed E-state index contributed by atoms with van der Waals surface area (Å²) >= 11 is 0. The molecule has 0 heterocycles. The van der Waals surface area contributed by atoms with Crippen LogP contribution in [0, 0.1) is 11.3 Å². The van der Waals surface area contributed by atoms with Crippen molar-refractivity contribution in [2.45, 2.75) is 33.1 Å². The number of aliphatic hydroxyl groups excluding tert-OH is 1. The average molecular weight is 214 g/mol. The lowest BCUT2D eigenvalue weighted by atomic mass is 9.90. The van der Waals surface area contributed by atoms with Crippen molar-refractivity contribution in [1.29, 1.82) is 0 Å². The summed E-state index contributed by atoms with van der Waals surface area (Å²) in [4.78, 5) is 11.3. The van der Waals surface area contributed by atoms with E-state index in [0.717, 1.165) is 6.54 Å². The Balaban J connectivity index is 2.08. The molecule has 0 bridgehead atoms. The molecule has 1 aliphatic rings. The zero-order chi connectivity index (χ0) is 11.3. The van der Waals surface area contributed by atoms with Crippen molar-refractivity contribution in [3.05, 3.63) is 0 Å². The van der Waals surface area contributed by atoms with Gasteiger partial charge in [0.05, 0.1) is 0 Å². The van der Waals surface area contributed by atoms with Gasteiger partial charge in [-0.1, -0.05) is 13.8 Å². The Kier molecular flexibility index (Phi) is 4.39. The van der Waals surface area contributed by atoms with Crippen LogP contribution >= 0.6 is 0 Å². The molecule has 88 valence electrons. The third kappa shape index (κ3) is 5.62. The van der Waals surface area contributed by atoms with Crippen LogP contribution in [0.5, 0.6) is 0 Å².